The Balaban J connectivity index is 1.42. The van der Waals surface area contributed by atoms with Crippen molar-refractivity contribution in [2.45, 2.75) is 30.3 Å². The molecule has 6 nitrogen and oxygen atoms in total. The molecule has 4 rings (SSSR count). The summed E-state index contributed by atoms with van der Waals surface area (Å²) in [6.45, 7) is 3.74. The summed E-state index contributed by atoms with van der Waals surface area (Å²) in [4.78, 5) is 29.2. The number of hydrogen-bond acceptors (Lipinski definition) is 4. The van der Waals surface area contributed by atoms with Crippen LogP contribution in [0, 0.1) is 0 Å². The molecule has 0 unspecified atom stereocenters. The Kier molecular flexibility index (Phi) is 7.37. The van der Waals surface area contributed by atoms with E-state index in [1.807, 2.05) is 0 Å². The first-order valence-electron chi connectivity index (χ1n) is 11.2. The van der Waals surface area contributed by atoms with Crippen molar-refractivity contribution in [1.29, 1.82) is 0 Å². The number of benzene rings is 2. The maximum atomic E-state index is 13.5. The second-order valence-corrected chi connectivity index (χ2v) is 9.24. The first kappa shape index (κ1) is 24.4. The van der Waals surface area contributed by atoms with Crippen LogP contribution in [-0.2, 0) is 12.6 Å². The van der Waals surface area contributed by atoms with Gasteiger partial charge in [0.25, 0.3) is 5.91 Å². The number of nitrogens with zero attached hydrogens (tertiary/aromatic N) is 2. The van der Waals surface area contributed by atoms with Gasteiger partial charge in [-0.25, -0.2) is 4.79 Å². The number of anilines is 2. The van der Waals surface area contributed by atoms with Crippen LogP contribution >= 0.6 is 11.8 Å². The second kappa shape index (κ2) is 10.3. The minimum atomic E-state index is -4.51. The lowest BCUT2D eigenvalue weighted by Crippen LogP contribution is -2.34. The summed E-state index contributed by atoms with van der Waals surface area (Å²) in [5.74, 6) is -0.235. The maximum Gasteiger partial charge on any atom is 0.417 e. The molecule has 0 radical (unpaired) electrons. The van der Waals surface area contributed by atoms with E-state index in [1.54, 1.807) is 30.5 Å². The third kappa shape index (κ3) is 5.50. The van der Waals surface area contributed by atoms with Crippen LogP contribution < -0.4 is 15.5 Å². The van der Waals surface area contributed by atoms with E-state index in [4.69, 9.17) is 0 Å². The van der Waals surface area contributed by atoms with Crippen molar-refractivity contribution < 1.29 is 22.8 Å². The summed E-state index contributed by atoms with van der Waals surface area (Å²) in [6.07, 6.45) is -0.0463. The number of carbonyl (C=O) groups is 2. The van der Waals surface area contributed by atoms with Crippen LogP contribution in [-0.4, -0.2) is 55.8 Å². The molecule has 0 saturated carbocycles. The average molecular weight is 493 g/mol. The fourth-order valence-corrected chi connectivity index (χ4v) is 5.04. The molecule has 34 heavy (non-hydrogen) atoms. The summed E-state index contributed by atoms with van der Waals surface area (Å²) in [7, 11) is 0. The zero-order valence-electron chi connectivity index (χ0n) is 18.9. The highest BCUT2D eigenvalue weighted by atomic mass is 32.2. The lowest BCUT2D eigenvalue weighted by Gasteiger charge is -2.20. The van der Waals surface area contributed by atoms with Gasteiger partial charge in [-0.15, -0.1) is 11.8 Å². The van der Waals surface area contributed by atoms with Crippen molar-refractivity contribution in [2.24, 2.45) is 0 Å². The molecule has 2 aliphatic heterocycles. The van der Waals surface area contributed by atoms with E-state index < -0.39 is 17.8 Å². The minimum Gasteiger partial charge on any atom is -0.351 e. The Morgan fingerprint density at radius 1 is 1.09 bits per heavy atom. The Morgan fingerprint density at radius 3 is 2.56 bits per heavy atom. The molecule has 2 heterocycles. The van der Waals surface area contributed by atoms with Crippen molar-refractivity contribution in [3.8, 4) is 0 Å². The number of fused-ring (bicyclic) bond motifs is 1. The molecule has 0 atom stereocenters. The van der Waals surface area contributed by atoms with Crippen molar-refractivity contribution in [2.75, 3.05) is 49.2 Å². The van der Waals surface area contributed by atoms with E-state index in [0.717, 1.165) is 37.5 Å². The third-order valence-electron chi connectivity index (χ3n) is 6.14. The lowest BCUT2D eigenvalue weighted by molar-refractivity contribution is -0.139. The standard InChI is InChI=1S/C24H27F3N4O2S/c1-34-21-14-16-7-11-31(20(16)15-19(21)24(25,26)27)23(33)29-18-6-4-5-17(13-18)22(32)28-8-12-30-9-2-3-10-30/h4-6,13-15H,2-3,7-12H2,1H3,(H,28,32)(H,29,33). The number of carbonyl (C=O) groups excluding carboxylic acids is 2. The summed E-state index contributed by atoms with van der Waals surface area (Å²) >= 11 is 1.04. The van der Waals surface area contributed by atoms with Crippen molar-refractivity contribution in [1.82, 2.24) is 10.2 Å². The molecule has 2 aromatic carbocycles. The summed E-state index contributed by atoms with van der Waals surface area (Å²) in [5, 5.41) is 5.61. The number of urea groups is 1. The minimum absolute atomic E-state index is 0.150. The highest BCUT2D eigenvalue weighted by molar-refractivity contribution is 7.98. The monoisotopic (exact) mass is 492 g/mol. The van der Waals surface area contributed by atoms with Gasteiger partial charge in [-0.3, -0.25) is 9.69 Å². The van der Waals surface area contributed by atoms with Gasteiger partial charge in [0, 0.05) is 41.5 Å². The SMILES string of the molecule is CSc1cc2c(cc1C(F)(F)F)N(C(=O)Nc1cccc(C(=O)NCCN3CCCC3)c1)CC2. The largest absolute Gasteiger partial charge is 0.417 e. The first-order chi connectivity index (χ1) is 16.3. The number of amides is 3. The highest BCUT2D eigenvalue weighted by Gasteiger charge is 2.36. The van der Waals surface area contributed by atoms with E-state index in [-0.39, 0.29) is 23.0 Å². The zero-order valence-corrected chi connectivity index (χ0v) is 19.7. The third-order valence-corrected chi connectivity index (χ3v) is 6.91. The quantitative estimate of drug-likeness (QED) is 0.566. The van der Waals surface area contributed by atoms with Crippen molar-refractivity contribution in [3.63, 3.8) is 0 Å². The van der Waals surface area contributed by atoms with Crippen LogP contribution in [0.4, 0.5) is 29.3 Å². The molecule has 182 valence electrons. The van der Waals surface area contributed by atoms with Gasteiger partial charge in [-0.1, -0.05) is 6.07 Å². The number of thioether (sulfide) groups is 1. The molecule has 0 spiro atoms. The molecule has 0 aliphatic carbocycles. The Morgan fingerprint density at radius 2 is 1.85 bits per heavy atom. The van der Waals surface area contributed by atoms with Gasteiger partial charge in [-0.05, 0) is 74.5 Å². The zero-order chi connectivity index (χ0) is 24.3. The molecular formula is C24H27F3N4O2S. The van der Waals surface area contributed by atoms with E-state index in [2.05, 4.69) is 15.5 Å². The van der Waals surface area contributed by atoms with Crippen molar-refractivity contribution in [3.05, 3.63) is 53.1 Å². The molecule has 2 aromatic rings. The van der Waals surface area contributed by atoms with Crippen LogP contribution in [0.15, 0.2) is 41.3 Å². The van der Waals surface area contributed by atoms with Crippen molar-refractivity contribution >= 4 is 35.1 Å². The molecule has 2 aliphatic rings. The van der Waals surface area contributed by atoms with Gasteiger partial charge >= 0.3 is 12.2 Å². The highest BCUT2D eigenvalue weighted by Crippen LogP contribution is 2.42. The van der Waals surface area contributed by atoms with Crippen LogP contribution in [0.5, 0.6) is 0 Å². The molecule has 0 aromatic heterocycles. The summed E-state index contributed by atoms with van der Waals surface area (Å²) < 4.78 is 40.5. The van der Waals surface area contributed by atoms with E-state index in [0.29, 0.717) is 29.8 Å². The molecule has 1 saturated heterocycles. The summed E-state index contributed by atoms with van der Waals surface area (Å²) in [5.41, 5.74) is 1.04. The number of alkyl halides is 3. The number of likely N-dealkylation sites (tertiary alicyclic amines) is 1. The Bertz CT molecular complexity index is 1070. The average Bonchev–Trinajstić information content (AvgIpc) is 3.47. The number of rotatable bonds is 6. The van der Waals surface area contributed by atoms with Gasteiger partial charge in [0.05, 0.1) is 5.56 Å². The van der Waals surface area contributed by atoms with E-state index >= 15 is 0 Å². The van der Waals surface area contributed by atoms with Gasteiger partial charge in [0.15, 0.2) is 0 Å². The predicted octanol–water partition coefficient (Wildman–Crippen LogP) is 4.85. The molecule has 0 bridgehead atoms. The summed E-state index contributed by atoms with van der Waals surface area (Å²) in [6, 6.07) is 8.57. The van der Waals surface area contributed by atoms with Crippen LogP contribution in [0.2, 0.25) is 0 Å². The van der Waals surface area contributed by atoms with Gasteiger partial charge in [-0.2, -0.15) is 13.2 Å². The number of nitrogens with one attached hydrogen (secondary N) is 2. The van der Waals surface area contributed by atoms with Crippen LogP contribution in [0.25, 0.3) is 0 Å². The van der Waals surface area contributed by atoms with Gasteiger partial charge in [0.1, 0.15) is 0 Å². The molecule has 3 amide bonds. The molecule has 10 heteroatoms. The van der Waals surface area contributed by atoms with Crippen LogP contribution in [0.1, 0.15) is 34.3 Å². The van der Waals surface area contributed by atoms with Gasteiger partial charge < -0.3 is 15.5 Å². The number of halogens is 3. The van der Waals surface area contributed by atoms with E-state index in [1.165, 1.54) is 23.8 Å². The van der Waals surface area contributed by atoms with Crippen LogP contribution in [0.3, 0.4) is 0 Å². The molecule has 1 fully saturated rings. The predicted molar refractivity (Wildman–Crippen MR) is 128 cm³/mol. The van der Waals surface area contributed by atoms with Gasteiger partial charge in [0.2, 0.25) is 0 Å². The fraction of sp³-hybridized carbons (Fsp3) is 0.417. The van der Waals surface area contributed by atoms with E-state index in [9.17, 15) is 22.8 Å². The topological polar surface area (TPSA) is 64.7 Å². The maximum absolute atomic E-state index is 13.5. The Hall–Kier alpha value is -2.72. The first-order valence-corrected chi connectivity index (χ1v) is 12.5. The smallest absolute Gasteiger partial charge is 0.351 e. The fourth-order valence-electron chi connectivity index (χ4n) is 4.38. The number of hydrogen-bond donors (Lipinski definition) is 2. The molecular weight excluding hydrogens is 465 g/mol. The normalized spacial score (nSPS) is 15.9. The Labute approximate surface area is 200 Å². The molecule has 2 N–H and O–H groups in total. The second-order valence-electron chi connectivity index (χ2n) is 8.40. The lowest BCUT2D eigenvalue weighted by atomic mass is 10.1.